The van der Waals surface area contributed by atoms with Crippen molar-refractivity contribution in [3.05, 3.63) is 34.1 Å². The van der Waals surface area contributed by atoms with Crippen molar-refractivity contribution in [2.45, 2.75) is 19.1 Å². The number of rotatable bonds is 4. The molecule has 0 heterocycles. The maximum Gasteiger partial charge on any atom is 0.128 e. The zero-order valence-corrected chi connectivity index (χ0v) is 9.92. The molecular weight excluding hydrogens is 251 g/mol. The van der Waals surface area contributed by atoms with Gasteiger partial charge in [-0.25, -0.2) is 4.39 Å². The van der Waals surface area contributed by atoms with E-state index in [0.717, 1.165) is 28.0 Å². The average molecular weight is 263 g/mol. The molecule has 0 fully saturated rings. The van der Waals surface area contributed by atoms with E-state index in [9.17, 15) is 4.39 Å². The second-order valence-corrected chi connectivity index (χ2v) is 4.81. The minimum atomic E-state index is -0.113. The summed E-state index contributed by atoms with van der Waals surface area (Å²) in [4.78, 5) is 0. The molecule has 0 aromatic heterocycles. The Kier molecular flexibility index (Phi) is 4.81. The summed E-state index contributed by atoms with van der Waals surface area (Å²) >= 11 is 5.00. The fourth-order valence-corrected chi connectivity index (χ4v) is 2.19. The van der Waals surface area contributed by atoms with E-state index in [-0.39, 0.29) is 5.82 Å². The molecule has 0 radical (unpaired) electrons. The van der Waals surface area contributed by atoms with Gasteiger partial charge in [0.15, 0.2) is 0 Å². The minimum absolute atomic E-state index is 0.113. The van der Waals surface area contributed by atoms with Gasteiger partial charge in [-0.15, -0.1) is 0 Å². The molecule has 3 heteroatoms. The number of benzene rings is 1. The number of hydrogen-bond acceptors (Lipinski definition) is 1. The first-order valence-corrected chi connectivity index (χ1v) is 6.20. The lowest BCUT2D eigenvalue weighted by Crippen LogP contribution is -1.88. The smallest absolute Gasteiger partial charge is 0.128 e. The highest BCUT2D eigenvalue weighted by molar-refractivity contribution is 9.10. The van der Waals surface area contributed by atoms with Crippen LogP contribution in [0.2, 0.25) is 0 Å². The van der Waals surface area contributed by atoms with Gasteiger partial charge in [-0.3, -0.25) is 0 Å². The number of thioether (sulfide) groups is 1. The predicted molar refractivity (Wildman–Crippen MR) is 60.6 cm³/mol. The quantitative estimate of drug-likeness (QED) is 0.732. The fourth-order valence-electron chi connectivity index (χ4n) is 0.965. The molecule has 0 unspecified atom stereocenters. The van der Waals surface area contributed by atoms with Gasteiger partial charge in [0.1, 0.15) is 5.82 Å². The summed E-state index contributed by atoms with van der Waals surface area (Å²) < 4.78 is 14.0. The standard InChI is InChI=1S/C10H12BrFS/c1-2-5-13-7-8-3-4-9(11)6-10(8)12/h3-4,6H,2,5,7H2,1H3. The molecule has 0 aliphatic heterocycles. The van der Waals surface area contributed by atoms with Crippen molar-refractivity contribution in [2.75, 3.05) is 5.75 Å². The molecule has 0 aliphatic rings. The van der Waals surface area contributed by atoms with Crippen LogP contribution in [0.1, 0.15) is 18.9 Å². The van der Waals surface area contributed by atoms with Crippen molar-refractivity contribution >= 4 is 27.7 Å². The summed E-state index contributed by atoms with van der Waals surface area (Å²) in [7, 11) is 0. The van der Waals surface area contributed by atoms with E-state index in [1.165, 1.54) is 6.07 Å². The predicted octanol–water partition coefficient (Wildman–Crippen LogP) is 4.23. The Bertz CT molecular complexity index is 276. The largest absolute Gasteiger partial charge is 0.207 e. The van der Waals surface area contributed by atoms with Crippen LogP contribution < -0.4 is 0 Å². The van der Waals surface area contributed by atoms with Gasteiger partial charge in [0.05, 0.1) is 0 Å². The zero-order chi connectivity index (χ0) is 9.68. The lowest BCUT2D eigenvalue weighted by molar-refractivity contribution is 0.616. The van der Waals surface area contributed by atoms with Gasteiger partial charge in [0.25, 0.3) is 0 Å². The summed E-state index contributed by atoms with van der Waals surface area (Å²) in [5.74, 6) is 1.75. The summed E-state index contributed by atoms with van der Waals surface area (Å²) in [6.07, 6.45) is 1.14. The molecular formula is C10H12BrFS. The van der Waals surface area contributed by atoms with Gasteiger partial charge >= 0.3 is 0 Å². The van der Waals surface area contributed by atoms with Crippen molar-refractivity contribution in [3.63, 3.8) is 0 Å². The summed E-state index contributed by atoms with van der Waals surface area (Å²) in [6, 6.07) is 5.23. The Hall–Kier alpha value is -0.0200. The monoisotopic (exact) mass is 262 g/mol. The van der Waals surface area contributed by atoms with Crippen LogP contribution in [0.5, 0.6) is 0 Å². The first-order chi connectivity index (χ1) is 6.24. The lowest BCUT2D eigenvalue weighted by atomic mass is 10.2. The van der Waals surface area contributed by atoms with E-state index in [4.69, 9.17) is 0 Å². The van der Waals surface area contributed by atoms with Crippen LogP contribution in [0.25, 0.3) is 0 Å². The van der Waals surface area contributed by atoms with E-state index in [2.05, 4.69) is 22.9 Å². The second-order valence-electron chi connectivity index (χ2n) is 2.79. The highest BCUT2D eigenvalue weighted by atomic mass is 79.9. The highest BCUT2D eigenvalue weighted by Gasteiger charge is 2.01. The molecule has 1 rings (SSSR count). The third-order valence-electron chi connectivity index (χ3n) is 1.62. The molecule has 0 nitrogen and oxygen atoms in total. The first kappa shape index (κ1) is 11.1. The van der Waals surface area contributed by atoms with Crippen molar-refractivity contribution < 1.29 is 4.39 Å². The SMILES string of the molecule is CCCSCc1ccc(Br)cc1F. The summed E-state index contributed by atoms with van der Waals surface area (Å²) in [5.41, 5.74) is 0.793. The summed E-state index contributed by atoms with van der Waals surface area (Å²) in [6.45, 7) is 2.13. The summed E-state index contributed by atoms with van der Waals surface area (Å²) in [5, 5.41) is 0. The normalized spacial score (nSPS) is 10.4. The van der Waals surface area contributed by atoms with E-state index in [0.29, 0.717) is 0 Å². The van der Waals surface area contributed by atoms with Gasteiger partial charge in [-0.05, 0) is 29.9 Å². The van der Waals surface area contributed by atoms with Gasteiger partial charge in [0, 0.05) is 10.2 Å². The molecule has 0 N–H and O–H groups in total. The van der Waals surface area contributed by atoms with Crippen LogP contribution in [0, 0.1) is 5.82 Å². The van der Waals surface area contributed by atoms with Crippen LogP contribution >= 0.6 is 27.7 Å². The molecule has 13 heavy (non-hydrogen) atoms. The molecule has 0 atom stereocenters. The third kappa shape index (κ3) is 3.69. The Labute approximate surface area is 91.0 Å². The van der Waals surface area contributed by atoms with Crippen LogP contribution in [0.15, 0.2) is 22.7 Å². The van der Waals surface area contributed by atoms with Gasteiger partial charge < -0.3 is 0 Å². The Morgan fingerprint density at radius 2 is 2.23 bits per heavy atom. The van der Waals surface area contributed by atoms with Crippen molar-refractivity contribution in [2.24, 2.45) is 0 Å². The Balaban J connectivity index is 2.56. The maximum absolute atomic E-state index is 13.2. The first-order valence-electron chi connectivity index (χ1n) is 4.25. The van der Waals surface area contributed by atoms with Gasteiger partial charge in [-0.1, -0.05) is 28.9 Å². The topological polar surface area (TPSA) is 0 Å². The number of hydrogen-bond donors (Lipinski definition) is 0. The van der Waals surface area contributed by atoms with Crippen LogP contribution in [-0.2, 0) is 5.75 Å². The minimum Gasteiger partial charge on any atom is -0.207 e. The van der Waals surface area contributed by atoms with Crippen molar-refractivity contribution in [1.82, 2.24) is 0 Å². The Morgan fingerprint density at radius 3 is 2.85 bits per heavy atom. The molecule has 0 amide bonds. The fraction of sp³-hybridized carbons (Fsp3) is 0.400. The van der Waals surface area contributed by atoms with Crippen molar-refractivity contribution in [1.29, 1.82) is 0 Å². The van der Waals surface area contributed by atoms with E-state index in [1.807, 2.05) is 12.1 Å². The Morgan fingerprint density at radius 1 is 1.46 bits per heavy atom. The molecule has 0 saturated heterocycles. The van der Waals surface area contributed by atoms with E-state index < -0.39 is 0 Å². The highest BCUT2D eigenvalue weighted by Crippen LogP contribution is 2.19. The van der Waals surface area contributed by atoms with Gasteiger partial charge in [-0.2, -0.15) is 11.8 Å². The molecule has 0 aliphatic carbocycles. The molecule has 0 spiro atoms. The number of halogens is 2. The van der Waals surface area contributed by atoms with E-state index >= 15 is 0 Å². The molecule has 0 bridgehead atoms. The molecule has 1 aromatic carbocycles. The van der Waals surface area contributed by atoms with Crippen molar-refractivity contribution in [3.8, 4) is 0 Å². The maximum atomic E-state index is 13.2. The average Bonchev–Trinajstić information content (AvgIpc) is 2.09. The molecule has 0 saturated carbocycles. The van der Waals surface area contributed by atoms with Gasteiger partial charge in [0.2, 0.25) is 0 Å². The van der Waals surface area contributed by atoms with Crippen LogP contribution in [0.3, 0.4) is 0 Å². The van der Waals surface area contributed by atoms with E-state index in [1.54, 1.807) is 11.8 Å². The second kappa shape index (κ2) is 5.66. The van der Waals surface area contributed by atoms with Crippen LogP contribution in [0.4, 0.5) is 4.39 Å². The molecule has 72 valence electrons. The zero-order valence-electron chi connectivity index (χ0n) is 7.52. The lowest BCUT2D eigenvalue weighted by Gasteiger charge is -2.02. The van der Waals surface area contributed by atoms with Crippen LogP contribution in [-0.4, -0.2) is 5.75 Å². The third-order valence-corrected chi connectivity index (χ3v) is 3.33. The molecule has 1 aromatic rings.